The third-order valence-electron chi connectivity index (χ3n) is 1.98. The van der Waals surface area contributed by atoms with E-state index in [4.69, 9.17) is 4.74 Å². The number of epoxide rings is 1. The van der Waals surface area contributed by atoms with E-state index in [1.807, 2.05) is 25.7 Å². The van der Waals surface area contributed by atoms with Gasteiger partial charge in [-0.3, -0.25) is 4.79 Å². The standard InChI is InChI=1S/C9H17NO2/c1-7(11)10(9(2,3)4)5-8-6-12-8/h8H,5-6H2,1-4H3. The van der Waals surface area contributed by atoms with Crippen LogP contribution in [-0.2, 0) is 9.53 Å². The molecule has 1 heterocycles. The van der Waals surface area contributed by atoms with E-state index in [2.05, 4.69) is 0 Å². The fourth-order valence-electron chi connectivity index (χ4n) is 1.25. The summed E-state index contributed by atoms with van der Waals surface area (Å²) in [5.41, 5.74) is -0.0855. The minimum atomic E-state index is -0.0855. The maximum atomic E-state index is 11.2. The van der Waals surface area contributed by atoms with Crippen molar-refractivity contribution in [3.05, 3.63) is 0 Å². The Balaban J connectivity index is 2.53. The number of hydrogen-bond donors (Lipinski definition) is 0. The summed E-state index contributed by atoms with van der Waals surface area (Å²) in [6, 6.07) is 0. The van der Waals surface area contributed by atoms with Crippen molar-refractivity contribution < 1.29 is 9.53 Å². The van der Waals surface area contributed by atoms with Crippen LogP contribution in [0.5, 0.6) is 0 Å². The monoisotopic (exact) mass is 171 g/mol. The van der Waals surface area contributed by atoms with Gasteiger partial charge in [-0.15, -0.1) is 0 Å². The number of hydrogen-bond acceptors (Lipinski definition) is 2. The zero-order valence-corrected chi connectivity index (χ0v) is 8.26. The number of nitrogens with zero attached hydrogens (tertiary/aromatic N) is 1. The molecule has 0 N–H and O–H groups in total. The lowest BCUT2D eigenvalue weighted by molar-refractivity contribution is -0.133. The van der Waals surface area contributed by atoms with Crippen LogP contribution in [0, 0.1) is 0 Å². The van der Waals surface area contributed by atoms with Crippen molar-refractivity contribution in [2.45, 2.75) is 39.3 Å². The molecule has 1 fully saturated rings. The summed E-state index contributed by atoms with van der Waals surface area (Å²) in [5, 5.41) is 0. The molecule has 0 aromatic rings. The number of rotatable bonds is 2. The summed E-state index contributed by atoms with van der Waals surface area (Å²) < 4.78 is 5.09. The summed E-state index contributed by atoms with van der Waals surface area (Å²) in [4.78, 5) is 13.1. The van der Waals surface area contributed by atoms with E-state index < -0.39 is 0 Å². The first kappa shape index (κ1) is 9.52. The number of carbonyl (C=O) groups is 1. The summed E-state index contributed by atoms with van der Waals surface area (Å²) in [5.74, 6) is 0.123. The second-order valence-corrected chi connectivity index (χ2v) is 4.26. The van der Waals surface area contributed by atoms with Gasteiger partial charge in [-0.25, -0.2) is 0 Å². The highest BCUT2D eigenvalue weighted by atomic mass is 16.6. The van der Waals surface area contributed by atoms with Crippen LogP contribution in [0.15, 0.2) is 0 Å². The number of ether oxygens (including phenoxy) is 1. The average molecular weight is 171 g/mol. The lowest BCUT2D eigenvalue weighted by atomic mass is 10.1. The van der Waals surface area contributed by atoms with Crippen molar-refractivity contribution >= 4 is 5.91 Å². The van der Waals surface area contributed by atoms with E-state index in [0.29, 0.717) is 0 Å². The molecule has 3 nitrogen and oxygen atoms in total. The molecule has 0 aromatic heterocycles. The largest absolute Gasteiger partial charge is 0.371 e. The van der Waals surface area contributed by atoms with Gasteiger partial charge in [-0.05, 0) is 20.8 Å². The average Bonchev–Trinajstić information content (AvgIpc) is 2.61. The SMILES string of the molecule is CC(=O)N(CC1CO1)C(C)(C)C. The molecule has 1 atom stereocenters. The van der Waals surface area contributed by atoms with Crippen molar-refractivity contribution in [1.29, 1.82) is 0 Å². The molecule has 1 aliphatic heterocycles. The van der Waals surface area contributed by atoms with E-state index in [0.717, 1.165) is 13.2 Å². The summed E-state index contributed by atoms with van der Waals surface area (Å²) >= 11 is 0. The molecule has 70 valence electrons. The van der Waals surface area contributed by atoms with Crippen LogP contribution in [0.4, 0.5) is 0 Å². The van der Waals surface area contributed by atoms with Crippen molar-refractivity contribution in [1.82, 2.24) is 4.90 Å². The highest BCUT2D eigenvalue weighted by molar-refractivity contribution is 5.74. The summed E-state index contributed by atoms with van der Waals surface area (Å²) in [7, 11) is 0. The van der Waals surface area contributed by atoms with Crippen molar-refractivity contribution in [2.75, 3.05) is 13.2 Å². The predicted octanol–water partition coefficient (Wildman–Crippen LogP) is 1.03. The van der Waals surface area contributed by atoms with E-state index >= 15 is 0 Å². The van der Waals surface area contributed by atoms with Crippen LogP contribution in [0.3, 0.4) is 0 Å². The van der Waals surface area contributed by atoms with Crippen LogP contribution in [0.2, 0.25) is 0 Å². The molecule has 1 saturated heterocycles. The number of amides is 1. The fourth-order valence-corrected chi connectivity index (χ4v) is 1.25. The van der Waals surface area contributed by atoms with E-state index in [1.165, 1.54) is 0 Å². The Morgan fingerprint density at radius 1 is 1.58 bits per heavy atom. The Kier molecular flexibility index (Phi) is 2.42. The molecule has 0 radical (unpaired) electrons. The molecule has 12 heavy (non-hydrogen) atoms. The zero-order chi connectivity index (χ0) is 9.35. The maximum Gasteiger partial charge on any atom is 0.219 e. The van der Waals surface area contributed by atoms with Crippen LogP contribution in [-0.4, -0.2) is 35.6 Å². The maximum absolute atomic E-state index is 11.2. The lowest BCUT2D eigenvalue weighted by Gasteiger charge is -2.34. The minimum absolute atomic E-state index is 0.0855. The Morgan fingerprint density at radius 3 is 2.33 bits per heavy atom. The Bertz CT molecular complexity index is 179. The molecule has 1 aliphatic rings. The van der Waals surface area contributed by atoms with E-state index in [-0.39, 0.29) is 17.6 Å². The van der Waals surface area contributed by atoms with Gasteiger partial charge in [0.2, 0.25) is 5.91 Å². The Labute approximate surface area is 73.7 Å². The quantitative estimate of drug-likeness (QED) is 0.581. The van der Waals surface area contributed by atoms with Crippen LogP contribution in [0.1, 0.15) is 27.7 Å². The molecule has 0 bridgehead atoms. The first-order valence-corrected chi connectivity index (χ1v) is 4.31. The lowest BCUT2D eigenvalue weighted by Crippen LogP contribution is -2.46. The zero-order valence-electron chi connectivity index (χ0n) is 8.26. The van der Waals surface area contributed by atoms with Gasteiger partial charge in [0.15, 0.2) is 0 Å². The van der Waals surface area contributed by atoms with Crippen LogP contribution < -0.4 is 0 Å². The van der Waals surface area contributed by atoms with Gasteiger partial charge in [-0.2, -0.15) is 0 Å². The van der Waals surface area contributed by atoms with Crippen molar-refractivity contribution in [2.24, 2.45) is 0 Å². The van der Waals surface area contributed by atoms with Gasteiger partial charge < -0.3 is 9.64 Å². The number of carbonyl (C=O) groups excluding carboxylic acids is 1. The van der Waals surface area contributed by atoms with Crippen molar-refractivity contribution in [3.8, 4) is 0 Å². The normalized spacial score (nSPS) is 22.2. The predicted molar refractivity (Wildman–Crippen MR) is 46.9 cm³/mol. The Morgan fingerprint density at radius 2 is 2.08 bits per heavy atom. The third-order valence-corrected chi connectivity index (χ3v) is 1.98. The van der Waals surface area contributed by atoms with Crippen LogP contribution >= 0.6 is 0 Å². The summed E-state index contributed by atoms with van der Waals surface area (Å²) in [6.07, 6.45) is 0.285. The second kappa shape index (κ2) is 3.05. The molecule has 1 amide bonds. The smallest absolute Gasteiger partial charge is 0.219 e. The molecule has 0 aliphatic carbocycles. The highest BCUT2D eigenvalue weighted by Crippen LogP contribution is 2.18. The molecular weight excluding hydrogens is 154 g/mol. The second-order valence-electron chi connectivity index (χ2n) is 4.26. The van der Waals surface area contributed by atoms with Gasteiger partial charge >= 0.3 is 0 Å². The van der Waals surface area contributed by atoms with E-state index in [9.17, 15) is 4.79 Å². The molecule has 1 rings (SSSR count). The molecule has 0 saturated carbocycles. The third kappa shape index (κ3) is 2.48. The molecule has 0 spiro atoms. The Hall–Kier alpha value is -0.570. The first-order valence-electron chi connectivity index (χ1n) is 4.31. The molecule has 1 unspecified atom stereocenters. The minimum Gasteiger partial charge on any atom is -0.371 e. The van der Waals surface area contributed by atoms with Gasteiger partial charge in [0.1, 0.15) is 0 Å². The highest BCUT2D eigenvalue weighted by Gasteiger charge is 2.32. The molecule has 3 heteroatoms. The van der Waals surface area contributed by atoms with Crippen molar-refractivity contribution in [3.63, 3.8) is 0 Å². The van der Waals surface area contributed by atoms with Crippen LogP contribution in [0.25, 0.3) is 0 Å². The summed E-state index contributed by atoms with van der Waals surface area (Å²) in [6.45, 7) is 9.26. The van der Waals surface area contributed by atoms with Gasteiger partial charge in [0, 0.05) is 19.0 Å². The molecular formula is C9H17NO2. The molecule has 0 aromatic carbocycles. The van der Waals surface area contributed by atoms with Gasteiger partial charge in [0.05, 0.1) is 12.7 Å². The van der Waals surface area contributed by atoms with Gasteiger partial charge in [-0.1, -0.05) is 0 Å². The van der Waals surface area contributed by atoms with Gasteiger partial charge in [0.25, 0.3) is 0 Å². The fraction of sp³-hybridized carbons (Fsp3) is 0.889. The topological polar surface area (TPSA) is 32.8 Å². The first-order chi connectivity index (χ1) is 5.41. The van der Waals surface area contributed by atoms with E-state index in [1.54, 1.807) is 6.92 Å².